The van der Waals surface area contributed by atoms with Crippen molar-refractivity contribution in [2.45, 2.75) is 39.5 Å². The van der Waals surface area contributed by atoms with Gasteiger partial charge in [-0.15, -0.1) is 0 Å². The fraction of sp³-hybridized carbons (Fsp3) is 0.600. The van der Waals surface area contributed by atoms with E-state index in [2.05, 4.69) is 12.2 Å². The molecule has 2 rings (SSSR count). The lowest BCUT2D eigenvalue weighted by Crippen LogP contribution is -2.20. The summed E-state index contributed by atoms with van der Waals surface area (Å²) in [5.41, 5.74) is 1.99. The Bertz CT molecular complexity index is 409. The quantitative estimate of drug-likeness (QED) is 0.769. The molecule has 0 radical (unpaired) electrons. The average molecular weight is 286 g/mol. The van der Waals surface area contributed by atoms with E-state index in [9.17, 15) is 0 Å². The smallest absolute Gasteiger partial charge is 0.0641 e. The average Bonchev–Trinajstić information content (AvgIpc) is 2.34. The van der Waals surface area contributed by atoms with Crippen molar-refractivity contribution < 1.29 is 0 Å². The predicted molar refractivity (Wildman–Crippen MR) is 80.8 cm³/mol. The molecule has 0 aromatic heterocycles. The molecule has 1 aliphatic rings. The molecule has 1 aliphatic carbocycles. The van der Waals surface area contributed by atoms with E-state index in [0.29, 0.717) is 0 Å². The first kappa shape index (κ1) is 14.0. The van der Waals surface area contributed by atoms with Crippen LogP contribution < -0.4 is 5.32 Å². The Balaban J connectivity index is 1.92. The van der Waals surface area contributed by atoms with Crippen LogP contribution in [-0.2, 0) is 0 Å². The second-order valence-electron chi connectivity index (χ2n) is 5.59. The van der Waals surface area contributed by atoms with Gasteiger partial charge in [0.25, 0.3) is 0 Å². The van der Waals surface area contributed by atoms with Crippen molar-refractivity contribution in [1.29, 1.82) is 0 Å². The predicted octanol–water partition coefficient (Wildman–Crippen LogP) is 5.54. The molecule has 0 unspecified atom stereocenters. The monoisotopic (exact) mass is 285 g/mol. The van der Waals surface area contributed by atoms with Crippen LogP contribution in [0.2, 0.25) is 10.0 Å². The fourth-order valence-electron chi connectivity index (χ4n) is 2.57. The van der Waals surface area contributed by atoms with Gasteiger partial charge >= 0.3 is 0 Å². The number of rotatable bonds is 3. The summed E-state index contributed by atoms with van der Waals surface area (Å²) in [7, 11) is 0. The molecular formula is C15H21Cl2N. The normalized spacial score (nSPS) is 24.0. The minimum atomic E-state index is 0.765. The van der Waals surface area contributed by atoms with Gasteiger partial charge < -0.3 is 5.32 Å². The van der Waals surface area contributed by atoms with Crippen LogP contribution in [0.5, 0.6) is 0 Å². The molecule has 0 atom stereocenters. The lowest BCUT2D eigenvalue weighted by molar-refractivity contribution is 0.300. The number of hydrogen-bond acceptors (Lipinski definition) is 1. The maximum atomic E-state index is 6.22. The van der Waals surface area contributed by atoms with Gasteiger partial charge in [0.05, 0.1) is 10.7 Å². The third-order valence-electron chi connectivity index (χ3n) is 3.96. The lowest BCUT2D eigenvalue weighted by Gasteiger charge is -2.26. The Hall–Kier alpha value is -0.400. The van der Waals surface area contributed by atoms with Crippen molar-refractivity contribution in [2.24, 2.45) is 11.8 Å². The summed E-state index contributed by atoms with van der Waals surface area (Å²) in [6.45, 7) is 5.33. The minimum Gasteiger partial charge on any atom is -0.384 e. The highest BCUT2D eigenvalue weighted by Crippen LogP contribution is 2.31. The van der Waals surface area contributed by atoms with Crippen LogP contribution in [0.3, 0.4) is 0 Å². The number of aryl methyl sites for hydroxylation is 1. The molecule has 0 spiro atoms. The van der Waals surface area contributed by atoms with Gasteiger partial charge in [0, 0.05) is 11.6 Å². The third kappa shape index (κ3) is 3.55. The van der Waals surface area contributed by atoms with Gasteiger partial charge in [-0.1, -0.05) is 43.0 Å². The molecule has 0 saturated heterocycles. The molecule has 0 amide bonds. The second-order valence-corrected chi connectivity index (χ2v) is 6.40. The molecule has 1 N–H and O–H groups in total. The Morgan fingerprint density at radius 2 is 1.78 bits per heavy atom. The molecule has 1 aromatic rings. The Labute approximate surface area is 120 Å². The highest BCUT2D eigenvalue weighted by Gasteiger charge is 2.18. The lowest BCUT2D eigenvalue weighted by atomic mass is 9.83. The van der Waals surface area contributed by atoms with E-state index < -0.39 is 0 Å². The zero-order valence-corrected chi connectivity index (χ0v) is 12.6. The molecule has 18 heavy (non-hydrogen) atoms. The summed E-state index contributed by atoms with van der Waals surface area (Å²) < 4.78 is 0. The van der Waals surface area contributed by atoms with E-state index in [0.717, 1.165) is 39.7 Å². The number of halogens is 2. The first-order valence-corrected chi connectivity index (χ1v) is 7.51. The Morgan fingerprint density at radius 1 is 1.11 bits per heavy atom. The van der Waals surface area contributed by atoms with E-state index in [4.69, 9.17) is 23.2 Å². The van der Waals surface area contributed by atoms with Crippen molar-refractivity contribution in [2.75, 3.05) is 11.9 Å². The molecule has 1 fully saturated rings. The SMILES string of the molecule is Cc1cc(Cl)c(NCC2CCC(C)CC2)cc1Cl. The van der Waals surface area contributed by atoms with Gasteiger partial charge in [-0.05, 0) is 49.3 Å². The van der Waals surface area contributed by atoms with Crippen LogP contribution in [0.15, 0.2) is 12.1 Å². The van der Waals surface area contributed by atoms with E-state index >= 15 is 0 Å². The highest BCUT2D eigenvalue weighted by molar-refractivity contribution is 6.35. The summed E-state index contributed by atoms with van der Waals surface area (Å²) in [6, 6.07) is 3.86. The van der Waals surface area contributed by atoms with Gasteiger partial charge in [-0.3, -0.25) is 0 Å². The van der Waals surface area contributed by atoms with Crippen molar-refractivity contribution in [1.82, 2.24) is 0 Å². The Kier molecular flexibility index (Phi) is 4.80. The van der Waals surface area contributed by atoms with E-state index in [1.165, 1.54) is 25.7 Å². The third-order valence-corrected chi connectivity index (χ3v) is 4.68. The van der Waals surface area contributed by atoms with Gasteiger partial charge in [-0.25, -0.2) is 0 Å². The number of anilines is 1. The van der Waals surface area contributed by atoms with Crippen molar-refractivity contribution in [3.63, 3.8) is 0 Å². The summed E-state index contributed by atoms with van der Waals surface area (Å²) in [6.07, 6.45) is 5.36. The highest BCUT2D eigenvalue weighted by atomic mass is 35.5. The second kappa shape index (κ2) is 6.16. The molecule has 0 aliphatic heterocycles. The van der Waals surface area contributed by atoms with E-state index in [1.807, 2.05) is 19.1 Å². The van der Waals surface area contributed by atoms with Gasteiger partial charge in [0.2, 0.25) is 0 Å². The van der Waals surface area contributed by atoms with Crippen LogP contribution in [0.1, 0.15) is 38.2 Å². The van der Waals surface area contributed by atoms with Gasteiger partial charge in [0.15, 0.2) is 0 Å². The van der Waals surface area contributed by atoms with E-state index in [1.54, 1.807) is 0 Å². The standard InChI is InChI=1S/C15H21Cl2N/c1-10-3-5-12(6-4-10)9-18-15-8-13(16)11(2)7-14(15)17/h7-8,10,12,18H,3-6,9H2,1-2H3. The zero-order chi connectivity index (χ0) is 13.1. The van der Waals surface area contributed by atoms with Crippen molar-refractivity contribution in [3.8, 4) is 0 Å². The summed E-state index contributed by atoms with van der Waals surface area (Å²) in [5.74, 6) is 1.68. The zero-order valence-electron chi connectivity index (χ0n) is 11.1. The van der Waals surface area contributed by atoms with Gasteiger partial charge in [-0.2, -0.15) is 0 Å². The topological polar surface area (TPSA) is 12.0 Å². The van der Waals surface area contributed by atoms with Crippen LogP contribution in [0, 0.1) is 18.8 Å². The van der Waals surface area contributed by atoms with E-state index in [-0.39, 0.29) is 0 Å². The minimum absolute atomic E-state index is 0.765. The van der Waals surface area contributed by atoms with Crippen LogP contribution >= 0.6 is 23.2 Å². The molecule has 1 nitrogen and oxygen atoms in total. The van der Waals surface area contributed by atoms with Crippen LogP contribution in [0.4, 0.5) is 5.69 Å². The maximum Gasteiger partial charge on any atom is 0.0641 e. The van der Waals surface area contributed by atoms with Crippen molar-refractivity contribution in [3.05, 3.63) is 27.7 Å². The maximum absolute atomic E-state index is 6.22. The van der Waals surface area contributed by atoms with Gasteiger partial charge in [0.1, 0.15) is 0 Å². The fourth-order valence-corrected chi connectivity index (χ4v) is 3.02. The number of nitrogens with one attached hydrogen (secondary N) is 1. The van der Waals surface area contributed by atoms with Crippen LogP contribution in [0.25, 0.3) is 0 Å². The molecule has 100 valence electrons. The number of benzene rings is 1. The first-order valence-electron chi connectivity index (χ1n) is 6.75. The molecule has 3 heteroatoms. The number of hydrogen-bond donors (Lipinski definition) is 1. The largest absolute Gasteiger partial charge is 0.384 e. The molecule has 0 bridgehead atoms. The molecule has 1 aromatic carbocycles. The summed E-state index contributed by atoms with van der Waals surface area (Å²) >= 11 is 12.3. The summed E-state index contributed by atoms with van der Waals surface area (Å²) in [4.78, 5) is 0. The first-order chi connectivity index (χ1) is 8.56. The van der Waals surface area contributed by atoms with Crippen LogP contribution in [-0.4, -0.2) is 6.54 Å². The molecule has 0 heterocycles. The molecule has 1 saturated carbocycles. The molecular weight excluding hydrogens is 265 g/mol. The summed E-state index contributed by atoms with van der Waals surface area (Å²) in [5, 5.41) is 4.99. The Morgan fingerprint density at radius 3 is 2.44 bits per heavy atom. The van der Waals surface area contributed by atoms with Crippen molar-refractivity contribution >= 4 is 28.9 Å².